The number of para-hydroxylation sites is 1. The van der Waals surface area contributed by atoms with E-state index in [1.54, 1.807) is 12.1 Å². The Hall–Kier alpha value is -2.24. The van der Waals surface area contributed by atoms with Crippen molar-refractivity contribution in [3.8, 4) is 0 Å². The maximum Gasteiger partial charge on any atom is 0.344 e. The number of nitrogens with one attached hydrogen (secondary N) is 1. The highest BCUT2D eigenvalue weighted by Crippen LogP contribution is 2.22. The molecule has 0 aliphatic carbocycles. The molecule has 1 aromatic carbocycles. The van der Waals surface area contributed by atoms with E-state index in [1.807, 2.05) is 0 Å². The maximum absolute atomic E-state index is 13.0. The minimum Gasteiger partial charge on any atom is -0.462 e. The largest absolute Gasteiger partial charge is 0.462 e. The lowest BCUT2D eigenvalue weighted by Gasteiger charge is -2.09. The highest BCUT2D eigenvalue weighted by molar-refractivity contribution is 5.95. The van der Waals surface area contributed by atoms with Crippen molar-refractivity contribution in [2.75, 3.05) is 6.61 Å². The molecule has 1 aromatic heterocycles. The van der Waals surface area contributed by atoms with Gasteiger partial charge in [-0.3, -0.25) is 4.79 Å². The Morgan fingerprint density at radius 1 is 1.37 bits per heavy atom. The molecule has 0 spiro atoms. The lowest BCUT2D eigenvalue weighted by atomic mass is 10.1. The van der Waals surface area contributed by atoms with Gasteiger partial charge in [-0.05, 0) is 19.1 Å². The second-order valence-electron chi connectivity index (χ2n) is 3.81. The van der Waals surface area contributed by atoms with E-state index in [0.717, 1.165) is 0 Å². The number of carbonyl (C=O) groups excluding carboxylic acids is 1. The molecular weight excluding hydrogens is 256 g/mol. The van der Waals surface area contributed by atoms with E-state index in [-0.39, 0.29) is 17.5 Å². The van der Waals surface area contributed by atoms with Gasteiger partial charge in [-0.1, -0.05) is 12.1 Å². The van der Waals surface area contributed by atoms with Crippen molar-refractivity contribution in [2.45, 2.75) is 13.3 Å². The van der Waals surface area contributed by atoms with Gasteiger partial charge >= 0.3 is 5.97 Å². The number of benzene rings is 1. The number of ether oxygens (including phenoxy) is 1. The van der Waals surface area contributed by atoms with Crippen molar-refractivity contribution < 1.29 is 18.3 Å². The van der Waals surface area contributed by atoms with Crippen LogP contribution in [0.4, 0.5) is 8.78 Å². The highest BCUT2D eigenvalue weighted by Gasteiger charge is 2.25. The Morgan fingerprint density at radius 2 is 2.05 bits per heavy atom. The second-order valence-corrected chi connectivity index (χ2v) is 3.81. The number of fused-ring (bicyclic) bond motifs is 1. The van der Waals surface area contributed by atoms with E-state index in [1.165, 1.54) is 19.1 Å². The highest BCUT2D eigenvalue weighted by atomic mass is 19.3. The fourth-order valence-corrected chi connectivity index (χ4v) is 1.82. The molecule has 0 amide bonds. The second kappa shape index (κ2) is 5.17. The quantitative estimate of drug-likeness (QED) is 0.870. The van der Waals surface area contributed by atoms with Crippen LogP contribution in [0.25, 0.3) is 10.9 Å². The zero-order chi connectivity index (χ0) is 14.0. The Kier molecular flexibility index (Phi) is 3.59. The van der Waals surface area contributed by atoms with Crippen LogP contribution < -0.4 is 5.43 Å². The number of aromatic nitrogens is 1. The summed E-state index contributed by atoms with van der Waals surface area (Å²) in [5, 5.41) is 0.176. The molecule has 0 radical (unpaired) electrons. The number of hydrogen-bond acceptors (Lipinski definition) is 3. The summed E-state index contributed by atoms with van der Waals surface area (Å²) < 4.78 is 30.6. The maximum atomic E-state index is 13.0. The van der Waals surface area contributed by atoms with Gasteiger partial charge in [0.25, 0.3) is 6.43 Å². The van der Waals surface area contributed by atoms with Crippen LogP contribution in [0.3, 0.4) is 0 Å². The smallest absolute Gasteiger partial charge is 0.344 e. The van der Waals surface area contributed by atoms with Gasteiger partial charge in [0.1, 0.15) is 11.3 Å². The topological polar surface area (TPSA) is 59.2 Å². The van der Waals surface area contributed by atoms with Crippen molar-refractivity contribution in [2.24, 2.45) is 0 Å². The van der Waals surface area contributed by atoms with Crippen LogP contribution in [0.5, 0.6) is 0 Å². The summed E-state index contributed by atoms with van der Waals surface area (Å²) in [5.41, 5.74) is -1.82. The number of rotatable bonds is 3. The molecule has 4 nitrogen and oxygen atoms in total. The Bertz CT molecular complexity index is 679. The van der Waals surface area contributed by atoms with Gasteiger partial charge in [-0.2, -0.15) is 0 Å². The molecule has 0 fully saturated rings. The van der Waals surface area contributed by atoms with Crippen molar-refractivity contribution >= 4 is 16.9 Å². The molecule has 1 heterocycles. The third kappa shape index (κ3) is 2.33. The van der Waals surface area contributed by atoms with Gasteiger partial charge in [0, 0.05) is 10.9 Å². The summed E-state index contributed by atoms with van der Waals surface area (Å²) in [7, 11) is 0. The molecule has 2 rings (SSSR count). The minimum absolute atomic E-state index is 0.00772. The number of esters is 1. The molecule has 0 aliphatic heterocycles. The van der Waals surface area contributed by atoms with Crippen LogP contribution in [-0.4, -0.2) is 17.6 Å². The van der Waals surface area contributed by atoms with Crippen molar-refractivity contribution in [1.82, 2.24) is 4.98 Å². The molecule has 0 atom stereocenters. The molecule has 0 bridgehead atoms. The van der Waals surface area contributed by atoms with E-state index < -0.39 is 29.1 Å². The molecular formula is C13H11F2NO3. The number of carbonyl (C=O) groups is 1. The van der Waals surface area contributed by atoms with E-state index in [4.69, 9.17) is 0 Å². The zero-order valence-corrected chi connectivity index (χ0v) is 10.1. The number of alkyl halides is 2. The summed E-state index contributed by atoms with van der Waals surface area (Å²) in [5.74, 6) is -1.04. The van der Waals surface area contributed by atoms with Gasteiger partial charge in [0.15, 0.2) is 0 Å². The minimum atomic E-state index is -2.96. The van der Waals surface area contributed by atoms with Gasteiger partial charge in [0.2, 0.25) is 5.43 Å². The summed E-state index contributed by atoms with van der Waals surface area (Å²) in [6.45, 7) is 1.54. The number of pyridine rings is 1. The standard InChI is InChI=1S/C13H11F2NO3/c1-2-19-13(18)9-10(12(14)15)16-8-6-4-3-5-7(8)11(9)17/h3-6,12H,2H2,1H3,(H,16,17). The van der Waals surface area contributed by atoms with Gasteiger partial charge in [-0.25, -0.2) is 13.6 Å². The molecule has 6 heteroatoms. The van der Waals surface area contributed by atoms with Crippen LogP contribution in [0, 0.1) is 0 Å². The van der Waals surface area contributed by atoms with Crippen molar-refractivity contribution in [3.05, 3.63) is 45.7 Å². The fourth-order valence-electron chi connectivity index (χ4n) is 1.82. The normalized spacial score (nSPS) is 10.9. The van der Waals surface area contributed by atoms with Crippen LogP contribution in [-0.2, 0) is 4.74 Å². The molecule has 0 saturated carbocycles. The predicted molar refractivity (Wildman–Crippen MR) is 65.5 cm³/mol. The first kappa shape index (κ1) is 13.2. The zero-order valence-electron chi connectivity index (χ0n) is 10.1. The Labute approximate surface area is 107 Å². The first-order chi connectivity index (χ1) is 9.06. The average molecular weight is 267 g/mol. The van der Waals surface area contributed by atoms with Crippen LogP contribution >= 0.6 is 0 Å². The summed E-state index contributed by atoms with van der Waals surface area (Å²) in [4.78, 5) is 26.2. The molecule has 2 aromatic rings. The molecule has 0 saturated heterocycles. The molecule has 1 N–H and O–H groups in total. The van der Waals surface area contributed by atoms with E-state index in [0.29, 0.717) is 0 Å². The molecule has 0 unspecified atom stereocenters. The fraction of sp³-hybridized carbons (Fsp3) is 0.231. The van der Waals surface area contributed by atoms with E-state index in [2.05, 4.69) is 9.72 Å². The SMILES string of the molecule is CCOC(=O)c1c(C(F)F)[nH]c2ccccc2c1=O. The number of halogens is 2. The number of aromatic amines is 1. The summed E-state index contributed by atoms with van der Waals surface area (Å²) >= 11 is 0. The average Bonchev–Trinajstić information content (AvgIpc) is 2.38. The molecule has 19 heavy (non-hydrogen) atoms. The summed E-state index contributed by atoms with van der Waals surface area (Å²) in [6, 6.07) is 6.16. The Balaban J connectivity index is 2.79. The monoisotopic (exact) mass is 267 g/mol. The van der Waals surface area contributed by atoms with Gasteiger partial charge < -0.3 is 9.72 Å². The third-order valence-corrected chi connectivity index (χ3v) is 2.64. The molecule has 100 valence electrons. The van der Waals surface area contributed by atoms with Gasteiger partial charge in [-0.15, -0.1) is 0 Å². The van der Waals surface area contributed by atoms with Crippen molar-refractivity contribution in [3.63, 3.8) is 0 Å². The number of hydrogen-bond donors (Lipinski definition) is 1. The predicted octanol–water partition coefficient (Wildman–Crippen LogP) is 2.64. The van der Waals surface area contributed by atoms with Crippen LogP contribution in [0.15, 0.2) is 29.1 Å². The van der Waals surface area contributed by atoms with Crippen molar-refractivity contribution in [1.29, 1.82) is 0 Å². The van der Waals surface area contributed by atoms with E-state index >= 15 is 0 Å². The first-order valence-corrected chi connectivity index (χ1v) is 5.66. The number of H-pyrrole nitrogens is 1. The van der Waals surface area contributed by atoms with Gasteiger partial charge in [0.05, 0.1) is 6.61 Å². The first-order valence-electron chi connectivity index (χ1n) is 5.66. The van der Waals surface area contributed by atoms with Crippen LogP contribution in [0.1, 0.15) is 29.4 Å². The lowest BCUT2D eigenvalue weighted by Crippen LogP contribution is -2.22. The lowest BCUT2D eigenvalue weighted by molar-refractivity contribution is 0.0512. The van der Waals surface area contributed by atoms with Crippen LogP contribution in [0.2, 0.25) is 0 Å². The summed E-state index contributed by atoms with van der Waals surface area (Å²) in [6.07, 6.45) is -2.96. The van der Waals surface area contributed by atoms with E-state index in [9.17, 15) is 18.4 Å². The third-order valence-electron chi connectivity index (χ3n) is 2.64. The Morgan fingerprint density at radius 3 is 2.68 bits per heavy atom. The molecule has 0 aliphatic rings.